The van der Waals surface area contributed by atoms with E-state index < -0.39 is 0 Å². The molecular weight excluding hydrogens is 352 g/mol. The lowest BCUT2D eigenvalue weighted by Crippen LogP contribution is -2.31. The summed E-state index contributed by atoms with van der Waals surface area (Å²) in [5, 5.41) is 7.18. The summed E-state index contributed by atoms with van der Waals surface area (Å²) in [6.45, 7) is 2.50. The summed E-state index contributed by atoms with van der Waals surface area (Å²) >= 11 is 0. The van der Waals surface area contributed by atoms with E-state index in [9.17, 15) is 9.59 Å². The molecule has 1 aromatic carbocycles. The number of anilines is 1. The smallest absolute Gasteiger partial charge is 0.224 e. The Morgan fingerprint density at radius 3 is 2.50 bits per heavy atom. The van der Waals surface area contributed by atoms with Crippen molar-refractivity contribution in [2.24, 2.45) is 0 Å². The van der Waals surface area contributed by atoms with E-state index in [-0.39, 0.29) is 11.8 Å². The molecule has 0 saturated carbocycles. The van der Waals surface area contributed by atoms with E-state index in [1.807, 2.05) is 34.0 Å². The van der Waals surface area contributed by atoms with Crippen LogP contribution in [0.2, 0.25) is 0 Å². The second kappa shape index (κ2) is 10.6. The number of aromatic nitrogens is 2. The Hall–Kier alpha value is -2.63. The molecule has 1 aliphatic heterocycles. The monoisotopic (exact) mass is 382 g/mol. The molecule has 0 radical (unpaired) electrons. The van der Waals surface area contributed by atoms with Crippen LogP contribution in [0.3, 0.4) is 0 Å². The molecule has 2 aromatic rings. The van der Waals surface area contributed by atoms with Gasteiger partial charge in [0.05, 0.1) is 11.9 Å². The zero-order valence-electron chi connectivity index (χ0n) is 16.5. The van der Waals surface area contributed by atoms with Gasteiger partial charge >= 0.3 is 0 Å². The minimum absolute atomic E-state index is 0.0636. The largest absolute Gasteiger partial charge is 0.343 e. The number of benzene rings is 1. The van der Waals surface area contributed by atoms with Crippen molar-refractivity contribution in [1.29, 1.82) is 0 Å². The van der Waals surface area contributed by atoms with Crippen LogP contribution in [0.25, 0.3) is 0 Å². The van der Waals surface area contributed by atoms with Gasteiger partial charge in [0, 0.05) is 38.7 Å². The number of nitrogens with one attached hydrogen (secondary N) is 1. The first kappa shape index (κ1) is 20.1. The minimum atomic E-state index is -0.0636. The Labute approximate surface area is 166 Å². The van der Waals surface area contributed by atoms with Crippen molar-refractivity contribution < 1.29 is 9.59 Å². The van der Waals surface area contributed by atoms with E-state index in [2.05, 4.69) is 22.5 Å². The van der Waals surface area contributed by atoms with E-state index in [4.69, 9.17) is 0 Å². The fraction of sp³-hybridized carbons (Fsp3) is 0.500. The standard InChI is InChI=1S/C22H30N4O2/c27-21(11-8-12-22(28)25-14-6-1-2-7-15-25)24-20-17-23-26(18-20)16-13-19-9-4-3-5-10-19/h3-5,9-10,17-18H,1-2,6-8,11-16H2,(H,24,27). The van der Waals surface area contributed by atoms with Crippen molar-refractivity contribution in [1.82, 2.24) is 14.7 Å². The van der Waals surface area contributed by atoms with Gasteiger partial charge in [0.1, 0.15) is 0 Å². The molecule has 0 aliphatic carbocycles. The Bertz CT molecular complexity index is 749. The topological polar surface area (TPSA) is 67.2 Å². The number of amides is 2. The van der Waals surface area contributed by atoms with E-state index >= 15 is 0 Å². The summed E-state index contributed by atoms with van der Waals surface area (Å²) in [6, 6.07) is 10.3. The van der Waals surface area contributed by atoms with E-state index in [1.165, 1.54) is 18.4 Å². The summed E-state index contributed by atoms with van der Waals surface area (Å²) in [7, 11) is 0. The van der Waals surface area contributed by atoms with Crippen LogP contribution >= 0.6 is 0 Å². The molecule has 1 N–H and O–H groups in total. The zero-order chi connectivity index (χ0) is 19.6. The average molecular weight is 383 g/mol. The van der Waals surface area contributed by atoms with Gasteiger partial charge in [-0.2, -0.15) is 5.10 Å². The van der Waals surface area contributed by atoms with E-state index in [0.717, 1.165) is 38.9 Å². The summed E-state index contributed by atoms with van der Waals surface area (Å²) in [4.78, 5) is 26.4. The molecular formula is C22H30N4O2. The summed E-state index contributed by atoms with van der Waals surface area (Å²) < 4.78 is 1.84. The molecule has 6 nitrogen and oxygen atoms in total. The van der Waals surface area contributed by atoms with Gasteiger partial charge < -0.3 is 10.2 Å². The number of likely N-dealkylation sites (tertiary alicyclic amines) is 1. The Morgan fingerprint density at radius 1 is 1.00 bits per heavy atom. The molecule has 1 fully saturated rings. The number of hydrogen-bond acceptors (Lipinski definition) is 3. The van der Waals surface area contributed by atoms with Gasteiger partial charge in [0.2, 0.25) is 11.8 Å². The van der Waals surface area contributed by atoms with Crippen molar-refractivity contribution in [2.75, 3.05) is 18.4 Å². The fourth-order valence-electron chi connectivity index (χ4n) is 3.54. The molecule has 1 aromatic heterocycles. The molecule has 0 spiro atoms. The molecule has 6 heteroatoms. The van der Waals surface area contributed by atoms with Gasteiger partial charge in [-0.1, -0.05) is 43.2 Å². The molecule has 0 bridgehead atoms. The molecule has 3 rings (SSSR count). The highest BCUT2D eigenvalue weighted by molar-refractivity contribution is 5.90. The maximum absolute atomic E-state index is 12.3. The van der Waals surface area contributed by atoms with Crippen molar-refractivity contribution >= 4 is 17.5 Å². The first-order valence-corrected chi connectivity index (χ1v) is 10.3. The molecule has 150 valence electrons. The predicted octanol–water partition coefficient (Wildman–Crippen LogP) is 3.64. The SMILES string of the molecule is O=C(CCCC(=O)N1CCCCCC1)Nc1cnn(CCc2ccccc2)c1. The number of aryl methyl sites for hydroxylation is 2. The Morgan fingerprint density at radius 2 is 1.75 bits per heavy atom. The van der Waals surface area contributed by atoms with E-state index in [0.29, 0.717) is 24.9 Å². The van der Waals surface area contributed by atoms with Crippen LogP contribution in [0.5, 0.6) is 0 Å². The number of nitrogens with zero attached hydrogens (tertiary/aromatic N) is 3. The van der Waals surface area contributed by atoms with Crippen molar-refractivity contribution in [3.8, 4) is 0 Å². The molecule has 1 saturated heterocycles. The van der Waals surface area contributed by atoms with E-state index in [1.54, 1.807) is 6.20 Å². The number of carbonyl (C=O) groups is 2. The minimum Gasteiger partial charge on any atom is -0.343 e. The molecule has 0 unspecified atom stereocenters. The second-order valence-corrected chi connectivity index (χ2v) is 7.42. The van der Waals surface area contributed by atoms with Gasteiger partial charge in [0.25, 0.3) is 0 Å². The fourth-order valence-corrected chi connectivity index (χ4v) is 3.54. The van der Waals surface area contributed by atoms with Gasteiger partial charge in [0.15, 0.2) is 0 Å². The van der Waals surface area contributed by atoms with Crippen LogP contribution < -0.4 is 5.32 Å². The quantitative estimate of drug-likeness (QED) is 0.758. The van der Waals surface area contributed by atoms with Crippen LogP contribution in [-0.4, -0.2) is 39.6 Å². The molecule has 1 aliphatic rings. The molecule has 2 heterocycles. The summed E-state index contributed by atoms with van der Waals surface area (Å²) in [5.74, 6) is 0.120. The van der Waals surface area contributed by atoms with Crippen molar-refractivity contribution in [3.63, 3.8) is 0 Å². The lowest BCUT2D eigenvalue weighted by atomic mass is 10.1. The third-order valence-electron chi connectivity index (χ3n) is 5.14. The van der Waals surface area contributed by atoms with Gasteiger partial charge in [-0.05, 0) is 31.2 Å². The number of hydrogen-bond donors (Lipinski definition) is 1. The second-order valence-electron chi connectivity index (χ2n) is 7.42. The number of rotatable bonds is 8. The van der Waals surface area contributed by atoms with Crippen LogP contribution in [-0.2, 0) is 22.6 Å². The van der Waals surface area contributed by atoms with Crippen LogP contribution in [0.15, 0.2) is 42.7 Å². The third-order valence-corrected chi connectivity index (χ3v) is 5.14. The Kier molecular flexibility index (Phi) is 7.64. The van der Waals surface area contributed by atoms with Crippen molar-refractivity contribution in [3.05, 3.63) is 48.3 Å². The molecule has 2 amide bonds. The highest BCUT2D eigenvalue weighted by Gasteiger charge is 2.15. The third kappa shape index (κ3) is 6.51. The summed E-state index contributed by atoms with van der Waals surface area (Å²) in [6.07, 6.45) is 10.4. The molecule has 28 heavy (non-hydrogen) atoms. The lowest BCUT2D eigenvalue weighted by Gasteiger charge is -2.20. The predicted molar refractivity (Wildman–Crippen MR) is 110 cm³/mol. The van der Waals surface area contributed by atoms with Crippen molar-refractivity contribution in [2.45, 2.75) is 57.9 Å². The van der Waals surface area contributed by atoms with Gasteiger partial charge in [-0.15, -0.1) is 0 Å². The first-order chi connectivity index (χ1) is 13.7. The maximum Gasteiger partial charge on any atom is 0.224 e. The summed E-state index contributed by atoms with van der Waals surface area (Å²) in [5.41, 5.74) is 1.97. The molecule has 0 atom stereocenters. The first-order valence-electron chi connectivity index (χ1n) is 10.3. The van der Waals surface area contributed by atoms with Gasteiger partial charge in [-0.25, -0.2) is 0 Å². The van der Waals surface area contributed by atoms with Crippen LogP contribution in [0.1, 0.15) is 50.5 Å². The highest BCUT2D eigenvalue weighted by Crippen LogP contribution is 2.13. The number of carbonyl (C=O) groups excluding carboxylic acids is 2. The lowest BCUT2D eigenvalue weighted by molar-refractivity contribution is -0.131. The normalized spacial score (nSPS) is 14.5. The average Bonchev–Trinajstić information content (AvgIpc) is 2.97. The van der Waals surface area contributed by atoms with Crippen LogP contribution in [0, 0.1) is 0 Å². The van der Waals surface area contributed by atoms with Crippen LogP contribution in [0.4, 0.5) is 5.69 Å². The Balaban J connectivity index is 1.35. The van der Waals surface area contributed by atoms with Gasteiger partial charge in [-0.3, -0.25) is 14.3 Å². The highest BCUT2D eigenvalue weighted by atomic mass is 16.2. The maximum atomic E-state index is 12.3. The zero-order valence-corrected chi connectivity index (χ0v) is 16.5.